The monoisotopic (exact) mass is 301 g/mol. The summed E-state index contributed by atoms with van der Waals surface area (Å²) in [5.74, 6) is 1.99. The molecule has 0 aromatic heterocycles. The molecule has 2 aliphatic rings. The molecule has 0 heterocycles. The van der Waals surface area contributed by atoms with Crippen LogP contribution in [0, 0.1) is 17.3 Å². The van der Waals surface area contributed by atoms with E-state index in [9.17, 15) is 0 Å². The molecule has 1 nitrogen and oxygen atoms in total. The smallest absolute Gasteiger partial charge is 0.0100 e. The van der Waals surface area contributed by atoms with Gasteiger partial charge < -0.3 is 4.90 Å². The maximum absolute atomic E-state index is 3.80. The van der Waals surface area contributed by atoms with Crippen molar-refractivity contribution >= 4 is 15.9 Å². The summed E-state index contributed by atoms with van der Waals surface area (Å²) >= 11 is 3.80. The predicted molar refractivity (Wildman–Crippen MR) is 78.7 cm³/mol. The highest BCUT2D eigenvalue weighted by Gasteiger charge is 2.36. The van der Waals surface area contributed by atoms with Gasteiger partial charge in [-0.25, -0.2) is 0 Å². The van der Waals surface area contributed by atoms with E-state index in [1.54, 1.807) is 0 Å². The average molecular weight is 302 g/mol. The molecule has 0 amide bonds. The Labute approximate surface area is 115 Å². The van der Waals surface area contributed by atoms with Gasteiger partial charge in [-0.1, -0.05) is 48.5 Å². The van der Waals surface area contributed by atoms with Crippen LogP contribution in [-0.2, 0) is 0 Å². The molecule has 0 radical (unpaired) electrons. The molecule has 0 N–H and O–H groups in total. The molecular weight excluding hydrogens is 274 g/mol. The zero-order chi connectivity index (χ0) is 12.3. The number of nitrogens with zero attached hydrogens (tertiary/aromatic N) is 1. The fourth-order valence-electron chi connectivity index (χ4n) is 3.50. The first-order valence-electron chi connectivity index (χ1n) is 7.40. The van der Waals surface area contributed by atoms with Crippen molar-refractivity contribution in [2.75, 3.05) is 25.5 Å². The van der Waals surface area contributed by atoms with Crippen LogP contribution in [0.15, 0.2) is 0 Å². The van der Waals surface area contributed by atoms with Gasteiger partial charge in [-0.05, 0) is 43.6 Å². The molecule has 2 saturated carbocycles. The standard InChI is InChI=1S/C15H28BrN/c1-13-9-14(13)10-17(2)12-15(11-16)7-5-3-4-6-8-15/h13-14H,3-12H2,1-2H3. The van der Waals surface area contributed by atoms with E-state index in [-0.39, 0.29) is 0 Å². The lowest BCUT2D eigenvalue weighted by Crippen LogP contribution is -2.37. The van der Waals surface area contributed by atoms with Gasteiger partial charge in [0, 0.05) is 18.4 Å². The highest BCUT2D eigenvalue weighted by Crippen LogP contribution is 2.40. The molecule has 0 aliphatic heterocycles. The second kappa shape index (κ2) is 6.06. The lowest BCUT2D eigenvalue weighted by molar-refractivity contribution is 0.170. The number of hydrogen-bond donors (Lipinski definition) is 0. The Morgan fingerprint density at radius 1 is 1.18 bits per heavy atom. The molecule has 2 aliphatic carbocycles. The summed E-state index contributed by atoms with van der Waals surface area (Å²) in [6, 6.07) is 0. The van der Waals surface area contributed by atoms with Crippen LogP contribution in [0.25, 0.3) is 0 Å². The van der Waals surface area contributed by atoms with Crippen molar-refractivity contribution in [1.29, 1.82) is 0 Å². The van der Waals surface area contributed by atoms with Gasteiger partial charge >= 0.3 is 0 Å². The molecule has 0 bridgehead atoms. The van der Waals surface area contributed by atoms with Crippen molar-refractivity contribution < 1.29 is 0 Å². The molecule has 2 unspecified atom stereocenters. The Kier molecular flexibility index (Phi) is 4.94. The van der Waals surface area contributed by atoms with Crippen molar-refractivity contribution in [2.45, 2.75) is 51.9 Å². The lowest BCUT2D eigenvalue weighted by Gasteiger charge is -2.35. The van der Waals surface area contributed by atoms with Crippen LogP contribution in [-0.4, -0.2) is 30.4 Å². The Hall–Kier alpha value is 0.440. The van der Waals surface area contributed by atoms with E-state index in [0.717, 1.165) is 11.8 Å². The summed E-state index contributed by atoms with van der Waals surface area (Å²) in [6.07, 6.45) is 10.1. The summed E-state index contributed by atoms with van der Waals surface area (Å²) in [6.45, 7) is 5.03. The van der Waals surface area contributed by atoms with Crippen LogP contribution in [0.2, 0.25) is 0 Å². The Balaban J connectivity index is 1.83. The Morgan fingerprint density at radius 3 is 2.24 bits per heavy atom. The first-order chi connectivity index (χ1) is 8.15. The van der Waals surface area contributed by atoms with E-state index in [1.165, 1.54) is 63.4 Å². The molecule has 2 atom stereocenters. The molecule has 2 heteroatoms. The largest absolute Gasteiger partial charge is 0.306 e. The van der Waals surface area contributed by atoms with Gasteiger partial charge in [-0.2, -0.15) is 0 Å². The van der Waals surface area contributed by atoms with Crippen LogP contribution in [0.1, 0.15) is 51.9 Å². The molecule has 2 fully saturated rings. The first kappa shape index (κ1) is 13.9. The summed E-state index contributed by atoms with van der Waals surface area (Å²) in [4.78, 5) is 2.61. The van der Waals surface area contributed by atoms with Crippen molar-refractivity contribution in [2.24, 2.45) is 17.3 Å². The number of hydrogen-bond acceptors (Lipinski definition) is 1. The molecule has 100 valence electrons. The zero-order valence-electron chi connectivity index (χ0n) is 11.6. The van der Waals surface area contributed by atoms with Crippen LogP contribution in [0.5, 0.6) is 0 Å². The molecule has 17 heavy (non-hydrogen) atoms. The molecule has 0 saturated heterocycles. The summed E-state index contributed by atoms with van der Waals surface area (Å²) in [7, 11) is 2.33. The highest BCUT2D eigenvalue weighted by atomic mass is 79.9. The van der Waals surface area contributed by atoms with Gasteiger partial charge in [-0.15, -0.1) is 0 Å². The number of rotatable bonds is 5. The van der Waals surface area contributed by atoms with Gasteiger partial charge in [-0.3, -0.25) is 0 Å². The fraction of sp³-hybridized carbons (Fsp3) is 1.00. The van der Waals surface area contributed by atoms with E-state index in [4.69, 9.17) is 0 Å². The number of alkyl halides is 1. The van der Waals surface area contributed by atoms with Gasteiger partial charge in [0.1, 0.15) is 0 Å². The van der Waals surface area contributed by atoms with E-state index >= 15 is 0 Å². The van der Waals surface area contributed by atoms with Gasteiger partial charge in [0.25, 0.3) is 0 Å². The third kappa shape index (κ3) is 3.96. The molecule has 0 spiro atoms. The van der Waals surface area contributed by atoms with Crippen LogP contribution < -0.4 is 0 Å². The van der Waals surface area contributed by atoms with E-state index in [2.05, 4.69) is 34.8 Å². The summed E-state index contributed by atoms with van der Waals surface area (Å²) in [5.41, 5.74) is 0.573. The molecular formula is C15H28BrN. The quantitative estimate of drug-likeness (QED) is 0.540. The normalized spacial score (nSPS) is 32.5. The third-order valence-electron chi connectivity index (χ3n) is 4.88. The molecule has 0 aromatic rings. The van der Waals surface area contributed by atoms with E-state index in [0.29, 0.717) is 5.41 Å². The SMILES string of the molecule is CC1CC1CN(C)CC1(CBr)CCCCCC1. The maximum atomic E-state index is 3.80. The zero-order valence-corrected chi connectivity index (χ0v) is 13.1. The lowest BCUT2D eigenvalue weighted by atomic mass is 9.82. The first-order valence-corrected chi connectivity index (χ1v) is 8.52. The minimum atomic E-state index is 0.573. The minimum absolute atomic E-state index is 0.573. The second-order valence-electron chi connectivity index (χ2n) is 6.72. The van der Waals surface area contributed by atoms with Crippen LogP contribution in [0.4, 0.5) is 0 Å². The van der Waals surface area contributed by atoms with Crippen molar-refractivity contribution in [3.63, 3.8) is 0 Å². The van der Waals surface area contributed by atoms with Crippen molar-refractivity contribution in [3.8, 4) is 0 Å². The fourth-order valence-corrected chi connectivity index (χ4v) is 4.24. The van der Waals surface area contributed by atoms with Gasteiger partial charge in [0.15, 0.2) is 0 Å². The predicted octanol–water partition coefficient (Wildman–Crippen LogP) is 4.31. The van der Waals surface area contributed by atoms with Crippen molar-refractivity contribution in [3.05, 3.63) is 0 Å². The van der Waals surface area contributed by atoms with E-state index in [1.807, 2.05) is 0 Å². The highest BCUT2D eigenvalue weighted by molar-refractivity contribution is 9.09. The van der Waals surface area contributed by atoms with Gasteiger partial charge in [0.2, 0.25) is 0 Å². The van der Waals surface area contributed by atoms with Gasteiger partial charge in [0.05, 0.1) is 0 Å². The average Bonchev–Trinajstić information content (AvgIpc) is 3.02. The minimum Gasteiger partial charge on any atom is -0.306 e. The van der Waals surface area contributed by atoms with Crippen LogP contribution >= 0.6 is 15.9 Å². The third-order valence-corrected chi connectivity index (χ3v) is 6.06. The van der Waals surface area contributed by atoms with Crippen LogP contribution in [0.3, 0.4) is 0 Å². The maximum Gasteiger partial charge on any atom is 0.0100 e. The Bertz CT molecular complexity index is 233. The molecule has 2 rings (SSSR count). The topological polar surface area (TPSA) is 3.24 Å². The van der Waals surface area contributed by atoms with Crippen molar-refractivity contribution in [1.82, 2.24) is 4.90 Å². The Morgan fingerprint density at radius 2 is 1.76 bits per heavy atom. The summed E-state index contributed by atoms with van der Waals surface area (Å²) < 4.78 is 0. The second-order valence-corrected chi connectivity index (χ2v) is 7.28. The summed E-state index contributed by atoms with van der Waals surface area (Å²) in [5, 5.41) is 1.20. The molecule has 0 aromatic carbocycles. The van der Waals surface area contributed by atoms with E-state index < -0.39 is 0 Å². The number of halogens is 1.